The Morgan fingerprint density at radius 2 is 1.76 bits per heavy atom. The Hall–Kier alpha value is -3.68. The van der Waals surface area contributed by atoms with E-state index in [1.165, 1.54) is 6.33 Å². The molecule has 0 bridgehead atoms. The van der Waals surface area contributed by atoms with Crippen molar-refractivity contribution in [1.82, 2.24) is 20.3 Å². The number of aryl methyl sites for hydroxylation is 1. The molecule has 29 heavy (non-hydrogen) atoms. The highest BCUT2D eigenvalue weighted by Gasteiger charge is 2.06. The molecule has 1 aromatic carbocycles. The molecule has 0 saturated heterocycles. The zero-order valence-electron chi connectivity index (χ0n) is 16.8. The summed E-state index contributed by atoms with van der Waals surface area (Å²) in [4.78, 5) is 27.0. The van der Waals surface area contributed by atoms with Crippen molar-refractivity contribution in [3.8, 4) is 0 Å². The maximum absolute atomic E-state index is 12.3. The van der Waals surface area contributed by atoms with Crippen LogP contribution in [0.25, 0.3) is 0 Å². The lowest BCUT2D eigenvalue weighted by atomic mass is 10.2. The Balaban J connectivity index is 1.49. The summed E-state index contributed by atoms with van der Waals surface area (Å²) >= 11 is 0. The Bertz CT molecular complexity index is 975. The zero-order chi connectivity index (χ0) is 20.6. The molecule has 2 aromatic heterocycles. The molecule has 0 atom stereocenters. The normalized spacial score (nSPS) is 10.3. The highest BCUT2D eigenvalue weighted by Crippen LogP contribution is 2.15. The van der Waals surface area contributed by atoms with E-state index in [1.54, 1.807) is 18.3 Å². The van der Waals surface area contributed by atoms with E-state index >= 15 is 0 Å². The Morgan fingerprint density at radius 1 is 0.966 bits per heavy atom. The number of carbonyl (C=O) groups excluding carboxylic acids is 1. The van der Waals surface area contributed by atoms with E-state index in [0.29, 0.717) is 30.3 Å². The standard InChI is InChI=1S/C21H25N7O/c1-15-7-8-22-19(11-15)27-20-13-18(25-14-26-20)23-9-10-24-21(29)16-5-4-6-17(12-16)28(2)3/h4-8,11-14H,9-10H2,1-3H3,(H,24,29)(H2,22,23,25,26,27). The number of nitrogens with zero attached hydrogens (tertiary/aromatic N) is 4. The van der Waals surface area contributed by atoms with E-state index in [-0.39, 0.29) is 5.91 Å². The van der Waals surface area contributed by atoms with Crippen LogP contribution in [0.4, 0.5) is 23.1 Å². The molecule has 0 spiro atoms. The minimum Gasteiger partial charge on any atom is -0.378 e. The molecule has 0 aliphatic heterocycles. The number of pyridine rings is 1. The first-order valence-corrected chi connectivity index (χ1v) is 9.32. The van der Waals surface area contributed by atoms with Gasteiger partial charge in [0.15, 0.2) is 0 Å². The number of rotatable bonds is 8. The van der Waals surface area contributed by atoms with Gasteiger partial charge in [-0.3, -0.25) is 4.79 Å². The van der Waals surface area contributed by atoms with Gasteiger partial charge in [0.25, 0.3) is 5.91 Å². The maximum atomic E-state index is 12.3. The predicted molar refractivity (Wildman–Crippen MR) is 116 cm³/mol. The Morgan fingerprint density at radius 3 is 2.55 bits per heavy atom. The SMILES string of the molecule is Cc1ccnc(Nc2cc(NCCNC(=O)c3cccc(N(C)C)c3)ncn2)c1. The fourth-order valence-electron chi connectivity index (χ4n) is 2.65. The van der Waals surface area contributed by atoms with Crippen molar-refractivity contribution in [1.29, 1.82) is 0 Å². The third-order valence-corrected chi connectivity index (χ3v) is 4.18. The molecule has 150 valence electrons. The van der Waals surface area contributed by atoms with Crippen LogP contribution in [0.5, 0.6) is 0 Å². The van der Waals surface area contributed by atoms with Gasteiger partial charge in [0.2, 0.25) is 0 Å². The van der Waals surface area contributed by atoms with Crippen molar-refractivity contribution in [3.05, 3.63) is 66.1 Å². The molecule has 0 unspecified atom stereocenters. The Kier molecular flexibility index (Phi) is 6.57. The average Bonchev–Trinajstić information content (AvgIpc) is 2.71. The number of carbonyl (C=O) groups is 1. The molecule has 8 heteroatoms. The average molecular weight is 391 g/mol. The van der Waals surface area contributed by atoms with Gasteiger partial charge in [0.1, 0.15) is 23.8 Å². The topological polar surface area (TPSA) is 95.1 Å². The highest BCUT2D eigenvalue weighted by molar-refractivity contribution is 5.95. The molecule has 3 rings (SSSR count). The number of anilines is 4. The number of amides is 1. The van der Waals surface area contributed by atoms with Gasteiger partial charge in [-0.1, -0.05) is 6.07 Å². The van der Waals surface area contributed by atoms with Gasteiger partial charge in [0.05, 0.1) is 0 Å². The van der Waals surface area contributed by atoms with Crippen LogP contribution in [0.15, 0.2) is 55.0 Å². The summed E-state index contributed by atoms with van der Waals surface area (Å²) in [6.45, 7) is 3.01. The zero-order valence-corrected chi connectivity index (χ0v) is 16.8. The molecule has 0 radical (unpaired) electrons. The van der Waals surface area contributed by atoms with Gasteiger partial charge in [0, 0.05) is 50.7 Å². The van der Waals surface area contributed by atoms with Crippen LogP contribution < -0.4 is 20.9 Å². The van der Waals surface area contributed by atoms with E-state index in [9.17, 15) is 4.79 Å². The molecular weight excluding hydrogens is 366 g/mol. The van der Waals surface area contributed by atoms with Crippen molar-refractivity contribution in [3.63, 3.8) is 0 Å². The highest BCUT2D eigenvalue weighted by atomic mass is 16.1. The monoisotopic (exact) mass is 391 g/mol. The van der Waals surface area contributed by atoms with Crippen LogP contribution in [0.1, 0.15) is 15.9 Å². The second-order valence-electron chi connectivity index (χ2n) is 6.76. The summed E-state index contributed by atoms with van der Waals surface area (Å²) in [6.07, 6.45) is 3.22. The minimum absolute atomic E-state index is 0.105. The lowest BCUT2D eigenvalue weighted by molar-refractivity contribution is 0.0955. The van der Waals surface area contributed by atoms with Crippen LogP contribution in [0.2, 0.25) is 0 Å². The van der Waals surface area contributed by atoms with Gasteiger partial charge < -0.3 is 20.9 Å². The lowest BCUT2D eigenvalue weighted by Crippen LogP contribution is -2.29. The van der Waals surface area contributed by atoms with Crippen LogP contribution in [0.3, 0.4) is 0 Å². The maximum Gasteiger partial charge on any atom is 0.251 e. The molecule has 1 amide bonds. The van der Waals surface area contributed by atoms with E-state index in [1.807, 2.05) is 56.3 Å². The first-order valence-electron chi connectivity index (χ1n) is 9.32. The summed E-state index contributed by atoms with van der Waals surface area (Å²) < 4.78 is 0. The second-order valence-corrected chi connectivity index (χ2v) is 6.76. The number of nitrogens with one attached hydrogen (secondary N) is 3. The van der Waals surface area contributed by atoms with Crippen molar-refractivity contribution < 1.29 is 4.79 Å². The van der Waals surface area contributed by atoms with Crippen LogP contribution in [-0.4, -0.2) is 48.0 Å². The van der Waals surface area contributed by atoms with Gasteiger partial charge in [-0.25, -0.2) is 15.0 Å². The quantitative estimate of drug-likeness (QED) is 0.508. The van der Waals surface area contributed by atoms with Crippen LogP contribution >= 0.6 is 0 Å². The molecule has 3 aromatic rings. The third kappa shape index (κ3) is 5.90. The fraction of sp³-hybridized carbons (Fsp3) is 0.238. The van der Waals surface area contributed by atoms with Crippen molar-refractivity contribution in [2.75, 3.05) is 42.7 Å². The van der Waals surface area contributed by atoms with Gasteiger partial charge in [-0.2, -0.15) is 0 Å². The summed E-state index contributed by atoms with van der Waals surface area (Å²) in [5.41, 5.74) is 2.73. The molecule has 0 aliphatic rings. The van der Waals surface area contributed by atoms with Gasteiger partial charge in [-0.05, 0) is 42.8 Å². The summed E-state index contributed by atoms with van der Waals surface area (Å²) in [5.74, 6) is 1.93. The fourth-order valence-corrected chi connectivity index (χ4v) is 2.65. The lowest BCUT2D eigenvalue weighted by Gasteiger charge is -2.13. The van der Waals surface area contributed by atoms with Gasteiger partial charge >= 0.3 is 0 Å². The van der Waals surface area contributed by atoms with Crippen molar-refractivity contribution in [2.24, 2.45) is 0 Å². The minimum atomic E-state index is -0.105. The van der Waals surface area contributed by atoms with Crippen molar-refractivity contribution >= 4 is 29.0 Å². The second kappa shape index (κ2) is 9.50. The summed E-state index contributed by atoms with van der Waals surface area (Å²) in [5, 5.41) is 9.24. The number of aromatic nitrogens is 3. The van der Waals surface area contributed by atoms with Crippen LogP contribution in [-0.2, 0) is 0 Å². The third-order valence-electron chi connectivity index (χ3n) is 4.18. The van der Waals surface area contributed by atoms with E-state index in [4.69, 9.17) is 0 Å². The molecule has 0 aliphatic carbocycles. The number of benzene rings is 1. The number of hydrogen-bond donors (Lipinski definition) is 3. The van der Waals surface area contributed by atoms with Crippen LogP contribution in [0, 0.1) is 6.92 Å². The largest absolute Gasteiger partial charge is 0.378 e. The molecule has 0 fully saturated rings. The molecule has 8 nitrogen and oxygen atoms in total. The van der Waals surface area contributed by atoms with Crippen molar-refractivity contribution in [2.45, 2.75) is 6.92 Å². The van der Waals surface area contributed by atoms with E-state index in [2.05, 4.69) is 30.9 Å². The molecule has 2 heterocycles. The Labute approximate surface area is 170 Å². The predicted octanol–water partition coefficient (Wildman–Crippen LogP) is 2.83. The summed E-state index contributed by atoms with van der Waals surface area (Å²) in [7, 11) is 3.89. The van der Waals surface area contributed by atoms with E-state index in [0.717, 1.165) is 17.1 Å². The summed E-state index contributed by atoms with van der Waals surface area (Å²) in [6, 6.07) is 13.2. The first-order chi connectivity index (χ1) is 14.0. The molecular formula is C21H25N7O. The first kappa shape index (κ1) is 20.1. The smallest absolute Gasteiger partial charge is 0.251 e. The van der Waals surface area contributed by atoms with E-state index < -0.39 is 0 Å². The molecule has 3 N–H and O–H groups in total. The molecule has 0 saturated carbocycles. The van der Waals surface area contributed by atoms with Gasteiger partial charge in [-0.15, -0.1) is 0 Å². The number of hydrogen-bond acceptors (Lipinski definition) is 7.